The highest BCUT2D eigenvalue weighted by atomic mass is 16.5. The molecule has 22 heavy (non-hydrogen) atoms. The lowest BCUT2D eigenvalue weighted by Gasteiger charge is -2.73. The second-order valence-corrected chi connectivity index (χ2v) is 8.75. The molecule has 118 valence electrons. The lowest BCUT2D eigenvalue weighted by atomic mass is 9.41. The summed E-state index contributed by atoms with van der Waals surface area (Å²) in [5, 5.41) is 15.5. The normalized spacial score (nSPS) is 57.0. The van der Waals surface area contributed by atoms with Gasteiger partial charge in [0, 0.05) is 29.8 Å². The van der Waals surface area contributed by atoms with Crippen LogP contribution in [0.2, 0.25) is 0 Å². The van der Waals surface area contributed by atoms with Gasteiger partial charge in [0.25, 0.3) is 0 Å². The van der Waals surface area contributed by atoms with E-state index in [0.29, 0.717) is 23.8 Å². The molecule has 0 radical (unpaired) electrons. The zero-order chi connectivity index (χ0) is 14.9. The van der Waals surface area contributed by atoms with Gasteiger partial charge in [-0.2, -0.15) is 0 Å². The Kier molecular flexibility index (Phi) is 2.00. The lowest BCUT2D eigenvalue weighted by Crippen LogP contribution is -2.85. The molecule has 7 unspecified atom stereocenters. The summed E-state index contributed by atoms with van der Waals surface area (Å²) >= 11 is 0. The quantitative estimate of drug-likeness (QED) is 0.731. The number of aliphatic hydroxyl groups is 1. The summed E-state index contributed by atoms with van der Waals surface area (Å²) in [7, 11) is 1.81. The summed E-state index contributed by atoms with van der Waals surface area (Å²) < 4.78 is 5.70. The Bertz CT molecular complexity index is 664. The predicted molar refractivity (Wildman–Crippen MR) is 83.0 cm³/mol. The third-order valence-electron chi connectivity index (χ3n) is 8.34. The highest BCUT2D eigenvalue weighted by Gasteiger charge is 2.75. The number of hydrogen-bond donors (Lipinski definition) is 2. The Morgan fingerprint density at radius 3 is 2.82 bits per heavy atom. The first-order chi connectivity index (χ1) is 10.6. The van der Waals surface area contributed by atoms with Crippen molar-refractivity contribution in [2.75, 3.05) is 7.11 Å². The summed E-state index contributed by atoms with van der Waals surface area (Å²) in [6.07, 6.45) is 6.86. The molecule has 7 atom stereocenters. The molecule has 6 rings (SSSR count). The molecule has 2 bridgehead atoms. The van der Waals surface area contributed by atoms with E-state index in [-0.39, 0.29) is 5.54 Å². The number of methoxy groups -OCH3 is 1. The molecule has 4 fully saturated rings. The lowest BCUT2D eigenvalue weighted by molar-refractivity contribution is -0.213. The van der Waals surface area contributed by atoms with Crippen LogP contribution in [0.25, 0.3) is 0 Å². The van der Waals surface area contributed by atoms with E-state index in [0.717, 1.165) is 18.8 Å². The van der Waals surface area contributed by atoms with Crippen molar-refractivity contribution in [1.29, 1.82) is 0 Å². The minimum atomic E-state index is -0.535. The maximum atomic E-state index is 11.7. The van der Waals surface area contributed by atoms with Crippen LogP contribution < -0.4 is 5.32 Å². The molecule has 3 heteroatoms. The van der Waals surface area contributed by atoms with Crippen LogP contribution in [0.15, 0.2) is 22.5 Å². The molecule has 0 aromatic carbocycles. The number of hydrogen-bond acceptors (Lipinski definition) is 3. The van der Waals surface area contributed by atoms with Crippen LogP contribution in [0.4, 0.5) is 0 Å². The van der Waals surface area contributed by atoms with Crippen LogP contribution in [0.1, 0.15) is 45.4 Å². The maximum Gasteiger partial charge on any atom is 0.0995 e. The molecular weight excluding hydrogens is 274 g/mol. The largest absolute Gasteiger partial charge is 0.501 e. The summed E-state index contributed by atoms with van der Waals surface area (Å²) in [5.74, 6) is 3.67. The van der Waals surface area contributed by atoms with Crippen LogP contribution in [0.5, 0.6) is 0 Å². The van der Waals surface area contributed by atoms with E-state index in [1.165, 1.54) is 37.0 Å². The van der Waals surface area contributed by atoms with Crippen LogP contribution in [-0.2, 0) is 4.74 Å². The first-order valence-corrected chi connectivity index (χ1v) is 9.08. The van der Waals surface area contributed by atoms with Crippen molar-refractivity contribution in [3.63, 3.8) is 0 Å². The van der Waals surface area contributed by atoms with Crippen molar-refractivity contribution in [3.05, 3.63) is 22.5 Å². The summed E-state index contributed by atoms with van der Waals surface area (Å²) in [6.45, 7) is 2.31. The summed E-state index contributed by atoms with van der Waals surface area (Å²) in [5.41, 5.74) is 4.31. The third-order valence-corrected chi connectivity index (χ3v) is 8.34. The first kappa shape index (κ1) is 12.6. The van der Waals surface area contributed by atoms with Gasteiger partial charge in [0.15, 0.2) is 0 Å². The zero-order valence-corrected chi connectivity index (χ0v) is 13.5. The SMILES string of the molecule is COC1=C2CCC2C2=C(C1)C1(O)CC2CC23NC(C)C2CC13. The van der Waals surface area contributed by atoms with E-state index in [9.17, 15) is 5.11 Å². The van der Waals surface area contributed by atoms with Crippen LogP contribution in [-0.4, -0.2) is 29.4 Å². The average molecular weight is 299 g/mol. The number of nitrogens with one attached hydrogen (secondary N) is 1. The van der Waals surface area contributed by atoms with Crippen molar-refractivity contribution in [1.82, 2.24) is 5.32 Å². The molecule has 5 aliphatic carbocycles. The number of rotatable bonds is 1. The molecule has 0 aromatic rings. The van der Waals surface area contributed by atoms with Crippen molar-refractivity contribution in [2.24, 2.45) is 23.7 Å². The predicted octanol–water partition coefficient (Wildman–Crippen LogP) is 2.52. The fourth-order valence-corrected chi connectivity index (χ4v) is 7.42. The Morgan fingerprint density at radius 2 is 2.18 bits per heavy atom. The number of fused-ring (bicyclic) bond motifs is 7. The van der Waals surface area contributed by atoms with Crippen molar-refractivity contribution < 1.29 is 9.84 Å². The topological polar surface area (TPSA) is 41.5 Å². The van der Waals surface area contributed by atoms with Gasteiger partial charge >= 0.3 is 0 Å². The molecule has 2 N–H and O–H groups in total. The van der Waals surface area contributed by atoms with Crippen molar-refractivity contribution in [3.8, 4) is 0 Å². The molecular formula is C19H25NO2. The third kappa shape index (κ3) is 1.07. The molecule has 1 aliphatic heterocycles. The van der Waals surface area contributed by atoms with Gasteiger partial charge in [-0.15, -0.1) is 0 Å². The van der Waals surface area contributed by atoms with Gasteiger partial charge in [-0.05, 0) is 62.0 Å². The smallest absolute Gasteiger partial charge is 0.0995 e. The Morgan fingerprint density at radius 1 is 1.32 bits per heavy atom. The number of allylic oxidation sites excluding steroid dienone is 3. The monoisotopic (exact) mass is 299 g/mol. The molecule has 1 heterocycles. The minimum Gasteiger partial charge on any atom is -0.501 e. The second kappa shape index (κ2) is 3.49. The zero-order valence-electron chi connectivity index (χ0n) is 13.5. The van der Waals surface area contributed by atoms with Gasteiger partial charge in [-0.3, -0.25) is 0 Å². The molecule has 1 spiro atoms. The van der Waals surface area contributed by atoms with Crippen LogP contribution >= 0.6 is 0 Å². The van der Waals surface area contributed by atoms with Crippen molar-refractivity contribution >= 4 is 0 Å². The number of piperidine rings is 1. The fraction of sp³-hybridized carbons (Fsp3) is 0.789. The molecule has 6 aliphatic rings. The van der Waals surface area contributed by atoms with Gasteiger partial charge in [-0.1, -0.05) is 5.57 Å². The van der Waals surface area contributed by atoms with Crippen LogP contribution in [0, 0.1) is 23.7 Å². The van der Waals surface area contributed by atoms with E-state index < -0.39 is 5.60 Å². The Hall–Kier alpha value is -0.800. The first-order valence-electron chi connectivity index (χ1n) is 9.08. The van der Waals surface area contributed by atoms with Gasteiger partial charge in [0.2, 0.25) is 0 Å². The van der Waals surface area contributed by atoms with E-state index in [4.69, 9.17) is 4.74 Å². The van der Waals surface area contributed by atoms with E-state index in [2.05, 4.69) is 12.2 Å². The van der Waals surface area contributed by atoms with E-state index in [1.54, 1.807) is 11.1 Å². The molecule has 0 amide bonds. The molecule has 1 saturated heterocycles. The highest BCUT2D eigenvalue weighted by molar-refractivity contribution is 5.52. The fourth-order valence-electron chi connectivity index (χ4n) is 7.42. The molecule has 0 aromatic heterocycles. The second-order valence-electron chi connectivity index (χ2n) is 8.75. The summed E-state index contributed by atoms with van der Waals surface area (Å²) in [6, 6.07) is 0.654. The van der Waals surface area contributed by atoms with E-state index >= 15 is 0 Å². The van der Waals surface area contributed by atoms with Crippen LogP contribution in [0.3, 0.4) is 0 Å². The van der Waals surface area contributed by atoms with Gasteiger partial charge in [-0.25, -0.2) is 0 Å². The Balaban J connectivity index is 1.45. The average Bonchev–Trinajstić information content (AvgIpc) is 2.66. The molecule has 3 saturated carbocycles. The maximum absolute atomic E-state index is 11.7. The highest BCUT2D eigenvalue weighted by Crippen LogP contribution is 2.71. The Labute approximate surface area is 131 Å². The van der Waals surface area contributed by atoms with E-state index in [1.807, 2.05) is 7.11 Å². The number of ether oxygens (including phenoxy) is 1. The molecule has 3 nitrogen and oxygen atoms in total. The van der Waals surface area contributed by atoms with Crippen molar-refractivity contribution in [2.45, 2.75) is 62.6 Å². The van der Waals surface area contributed by atoms with Gasteiger partial charge in [0.05, 0.1) is 18.5 Å². The standard InChI is InChI=1S/C19H25NO2/c1-9-13-6-16-18(13,20-9)7-10-8-19(16,21)14-5-15(22-2)11-3-4-12(11)17(10)14/h9-10,12-13,16,20-21H,3-8H2,1-2H3. The summed E-state index contributed by atoms with van der Waals surface area (Å²) in [4.78, 5) is 0. The van der Waals surface area contributed by atoms with Gasteiger partial charge in [0.1, 0.15) is 0 Å². The van der Waals surface area contributed by atoms with Gasteiger partial charge < -0.3 is 15.2 Å². The minimum absolute atomic E-state index is 0.269.